The monoisotopic (exact) mass is 357 g/mol. The van der Waals surface area contributed by atoms with Crippen molar-refractivity contribution in [3.05, 3.63) is 70.8 Å². The minimum Gasteiger partial charge on any atom is -0.497 e. The van der Waals surface area contributed by atoms with Crippen LogP contribution < -0.4 is 10.1 Å². The van der Waals surface area contributed by atoms with Crippen molar-refractivity contribution in [3.63, 3.8) is 0 Å². The first kappa shape index (κ1) is 16.6. The number of hydrogen-bond donors (Lipinski definition) is 2. The second kappa shape index (κ2) is 6.12. The number of halogens is 2. The van der Waals surface area contributed by atoms with E-state index in [4.69, 9.17) is 9.84 Å². The molecular weight excluding hydrogens is 340 g/mol. The van der Waals surface area contributed by atoms with Crippen LogP contribution in [0.4, 0.5) is 14.5 Å². The lowest BCUT2D eigenvalue weighted by Crippen LogP contribution is -2.30. The van der Waals surface area contributed by atoms with E-state index in [9.17, 15) is 13.6 Å². The van der Waals surface area contributed by atoms with Crippen molar-refractivity contribution in [2.75, 3.05) is 12.4 Å². The smallest absolute Gasteiger partial charge is 0.335 e. The lowest BCUT2D eigenvalue weighted by molar-refractivity contribution is 0.0695. The van der Waals surface area contributed by atoms with Crippen molar-refractivity contribution in [2.45, 2.75) is 18.4 Å². The number of anilines is 1. The number of allylic oxidation sites excluding steroid dienone is 2. The molecular formula is C20H17F2NO3. The molecule has 4 rings (SSSR count). The minimum atomic E-state index is -1.36. The Labute approximate surface area is 149 Å². The lowest BCUT2D eigenvalue weighted by Gasteiger charge is -2.37. The van der Waals surface area contributed by atoms with E-state index in [-0.39, 0.29) is 17.4 Å². The maximum Gasteiger partial charge on any atom is 0.335 e. The number of rotatable bonds is 3. The summed E-state index contributed by atoms with van der Waals surface area (Å²) in [7, 11) is 1.59. The molecule has 0 fully saturated rings. The van der Waals surface area contributed by atoms with Crippen LogP contribution in [0.1, 0.15) is 39.9 Å². The van der Waals surface area contributed by atoms with Crippen molar-refractivity contribution >= 4 is 11.7 Å². The van der Waals surface area contributed by atoms with Gasteiger partial charge in [0.15, 0.2) is 0 Å². The van der Waals surface area contributed by atoms with Gasteiger partial charge in [-0.2, -0.15) is 0 Å². The SMILES string of the molecule is COc1ccc2c(c1)[C@@H]1C=CC[C@@H]1[C@H](c1c(F)cc(C(=O)O)cc1F)N2. The minimum absolute atomic E-state index is 0.0179. The molecule has 6 heteroatoms. The number of carboxylic acids is 1. The Hall–Kier alpha value is -2.89. The summed E-state index contributed by atoms with van der Waals surface area (Å²) in [5.74, 6) is -2.36. The molecule has 134 valence electrons. The van der Waals surface area contributed by atoms with E-state index in [0.29, 0.717) is 6.42 Å². The molecule has 0 aromatic heterocycles. The van der Waals surface area contributed by atoms with Crippen molar-refractivity contribution in [3.8, 4) is 5.75 Å². The molecule has 0 radical (unpaired) electrons. The van der Waals surface area contributed by atoms with Crippen molar-refractivity contribution in [2.24, 2.45) is 5.92 Å². The van der Waals surface area contributed by atoms with Crippen LogP contribution in [-0.4, -0.2) is 18.2 Å². The summed E-state index contributed by atoms with van der Waals surface area (Å²) < 4.78 is 34.5. The van der Waals surface area contributed by atoms with Crippen LogP contribution in [0.3, 0.4) is 0 Å². The van der Waals surface area contributed by atoms with Gasteiger partial charge in [0.1, 0.15) is 17.4 Å². The number of benzene rings is 2. The molecule has 2 aromatic carbocycles. The molecule has 0 saturated heterocycles. The average Bonchev–Trinajstić information content (AvgIpc) is 3.10. The molecule has 0 saturated carbocycles. The Morgan fingerprint density at radius 3 is 2.62 bits per heavy atom. The van der Waals surface area contributed by atoms with Gasteiger partial charge in [0, 0.05) is 17.2 Å². The second-order valence-electron chi connectivity index (χ2n) is 6.59. The normalized spacial score (nSPS) is 23.1. The summed E-state index contributed by atoms with van der Waals surface area (Å²) in [5.41, 5.74) is 1.31. The van der Waals surface area contributed by atoms with Gasteiger partial charge in [-0.25, -0.2) is 13.6 Å². The molecule has 2 aliphatic rings. The predicted octanol–water partition coefficient (Wildman–Crippen LogP) is 4.50. The summed E-state index contributed by atoms with van der Waals surface area (Å²) in [4.78, 5) is 11.0. The van der Waals surface area contributed by atoms with E-state index in [1.165, 1.54) is 0 Å². The molecule has 4 nitrogen and oxygen atoms in total. The molecule has 0 amide bonds. The first-order chi connectivity index (χ1) is 12.5. The third kappa shape index (κ3) is 2.53. The van der Waals surface area contributed by atoms with E-state index < -0.39 is 29.2 Å². The number of aromatic carboxylic acids is 1. The largest absolute Gasteiger partial charge is 0.497 e. The Kier molecular flexibility index (Phi) is 3.90. The van der Waals surface area contributed by atoms with Crippen LogP contribution >= 0.6 is 0 Å². The topological polar surface area (TPSA) is 58.6 Å². The fourth-order valence-corrected chi connectivity index (χ4v) is 3.99. The Balaban J connectivity index is 1.80. The number of carbonyl (C=O) groups is 1. The molecule has 0 spiro atoms. The molecule has 0 bridgehead atoms. The van der Waals surface area contributed by atoms with E-state index >= 15 is 0 Å². The highest BCUT2D eigenvalue weighted by molar-refractivity contribution is 5.87. The summed E-state index contributed by atoms with van der Waals surface area (Å²) in [6, 6.07) is 6.74. The Morgan fingerprint density at radius 2 is 1.96 bits per heavy atom. The predicted molar refractivity (Wildman–Crippen MR) is 92.7 cm³/mol. The third-order valence-electron chi connectivity index (χ3n) is 5.21. The van der Waals surface area contributed by atoms with Gasteiger partial charge in [0.05, 0.1) is 18.7 Å². The maximum atomic E-state index is 14.6. The number of methoxy groups -OCH3 is 1. The van der Waals surface area contributed by atoms with E-state index in [0.717, 1.165) is 29.1 Å². The standard InChI is InChI=1S/C20H17F2NO3/c1-26-11-5-6-17-14(9-11)12-3-2-4-13(12)19(23-17)18-15(21)7-10(20(24)25)8-16(18)22/h2-3,5-9,12-13,19,23H,4H2,1H3,(H,24,25)/t12-,13+,19-/m1/s1. The second-order valence-corrected chi connectivity index (χ2v) is 6.59. The van der Waals surface area contributed by atoms with Crippen molar-refractivity contribution < 1.29 is 23.4 Å². The molecule has 1 aliphatic carbocycles. The summed E-state index contributed by atoms with van der Waals surface area (Å²) in [6.07, 6.45) is 4.75. The van der Waals surface area contributed by atoms with E-state index in [1.54, 1.807) is 13.2 Å². The van der Waals surface area contributed by atoms with E-state index in [1.807, 2.05) is 18.2 Å². The molecule has 2 aromatic rings. The first-order valence-electron chi connectivity index (χ1n) is 8.33. The summed E-state index contributed by atoms with van der Waals surface area (Å²) in [5, 5.41) is 12.2. The number of ether oxygens (including phenoxy) is 1. The Bertz CT molecular complexity index is 902. The maximum absolute atomic E-state index is 14.6. The number of carboxylic acid groups (broad SMARTS) is 1. The third-order valence-corrected chi connectivity index (χ3v) is 5.21. The van der Waals surface area contributed by atoms with Gasteiger partial charge in [-0.15, -0.1) is 0 Å². The van der Waals surface area contributed by atoms with Gasteiger partial charge < -0.3 is 15.2 Å². The molecule has 2 N–H and O–H groups in total. The van der Waals surface area contributed by atoms with Gasteiger partial charge in [0.2, 0.25) is 0 Å². The molecule has 3 atom stereocenters. The highest BCUT2D eigenvalue weighted by Gasteiger charge is 2.40. The Morgan fingerprint density at radius 1 is 1.23 bits per heavy atom. The van der Waals surface area contributed by atoms with Crippen LogP contribution in [0, 0.1) is 17.6 Å². The van der Waals surface area contributed by atoms with Crippen LogP contribution in [-0.2, 0) is 0 Å². The molecule has 1 heterocycles. The first-order valence-corrected chi connectivity index (χ1v) is 8.33. The van der Waals surface area contributed by atoms with Crippen LogP contribution in [0.5, 0.6) is 5.75 Å². The highest BCUT2D eigenvalue weighted by Crippen LogP contribution is 2.51. The van der Waals surface area contributed by atoms with Gasteiger partial charge in [0.25, 0.3) is 0 Å². The van der Waals surface area contributed by atoms with Gasteiger partial charge >= 0.3 is 5.97 Å². The molecule has 26 heavy (non-hydrogen) atoms. The zero-order chi connectivity index (χ0) is 18.4. The van der Waals surface area contributed by atoms with Gasteiger partial charge in [-0.05, 0) is 48.2 Å². The fraction of sp³-hybridized carbons (Fsp3) is 0.250. The van der Waals surface area contributed by atoms with E-state index in [2.05, 4.69) is 11.4 Å². The molecule has 1 aliphatic heterocycles. The quantitative estimate of drug-likeness (QED) is 0.794. The zero-order valence-electron chi connectivity index (χ0n) is 14.0. The summed E-state index contributed by atoms with van der Waals surface area (Å²) in [6.45, 7) is 0. The van der Waals surface area contributed by atoms with Crippen molar-refractivity contribution in [1.82, 2.24) is 0 Å². The number of nitrogens with one attached hydrogen (secondary N) is 1. The lowest BCUT2D eigenvalue weighted by atomic mass is 9.76. The van der Waals surface area contributed by atoms with Crippen LogP contribution in [0.15, 0.2) is 42.5 Å². The number of hydrogen-bond acceptors (Lipinski definition) is 3. The average molecular weight is 357 g/mol. The van der Waals surface area contributed by atoms with Gasteiger partial charge in [-0.1, -0.05) is 12.2 Å². The summed E-state index contributed by atoms with van der Waals surface area (Å²) >= 11 is 0. The van der Waals surface area contributed by atoms with Crippen LogP contribution in [0.25, 0.3) is 0 Å². The highest BCUT2D eigenvalue weighted by atomic mass is 19.1. The molecule has 0 unspecified atom stereocenters. The van der Waals surface area contributed by atoms with Crippen molar-refractivity contribution in [1.29, 1.82) is 0 Å². The van der Waals surface area contributed by atoms with Gasteiger partial charge in [-0.3, -0.25) is 0 Å². The fourth-order valence-electron chi connectivity index (χ4n) is 3.99. The van der Waals surface area contributed by atoms with Crippen LogP contribution in [0.2, 0.25) is 0 Å². The number of fused-ring (bicyclic) bond motifs is 3. The zero-order valence-corrected chi connectivity index (χ0v) is 14.0.